The molecule has 0 aliphatic heterocycles. The molecule has 7 nitrogen and oxygen atoms in total. The number of aromatic nitrogens is 3. The highest BCUT2D eigenvalue weighted by Gasteiger charge is 2.18. The van der Waals surface area contributed by atoms with Crippen LogP contribution in [0.2, 0.25) is 0 Å². The molecule has 0 saturated carbocycles. The van der Waals surface area contributed by atoms with Gasteiger partial charge >= 0.3 is 5.97 Å². The van der Waals surface area contributed by atoms with Gasteiger partial charge in [0.2, 0.25) is 0 Å². The molecule has 2 heterocycles. The van der Waals surface area contributed by atoms with E-state index < -0.39 is 29.1 Å². The Labute approximate surface area is 145 Å². The first kappa shape index (κ1) is 17.1. The lowest BCUT2D eigenvalue weighted by Crippen LogP contribution is -2.17. The molecule has 0 unspecified atom stereocenters. The van der Waals surface area contributed by atoms with Crippen molar-refractivity contribution in [1.29, 1.82) is 0 Å². The fraction of sp³-hybridized carbons (Fsp3) is 0. The van der Waals surface area contributed by atoms with Crippen molar-refractivity contribution in [2.24, 2.45) is 0 Å². The molecule has 0 spiro atoms. The molecule has 9 heteroatoms. The van der Waals surface area contributed by atoms with E-state index in [-0.39, 0.29) is 11.4 Å². The summed E-state index contributed by atoms with van der Waals surface area (Å²) in [6.07, 6.45) is 3.17. The maximum absolute atomic E-state index is 13.4. The Morgan fingerprint density at radius 3 is 2.42 bits per heavy atom. The number of pyridine rings is 1. The highest BCUT2D eigenvalue weighted by molar-refractivity contribution is 6.06. The molecule has 0 saturated heterocycles. The van der Waals surface area contributed by atoms with Gasteiger partial charge < -0.3 is 10.4 Å². The van der Waals surface area contributed by atoms with Gasteiger partial charge in [0.05, 0.1) is 16.9 Å². The van der Waals surface area contributed by atoms with Crippen LogP contribution < -0.4 is 5.32 Å². The minimum absolute atomic E-state index is 0.126. The largest absolute Gasteiger partial charge is 0.478 e. The van der Waals surface area contributed by atoms with Crippen LogP contribution in [0, 0.1) is 11.6 Å². The summed E-state index contributed by atoms with van der Waals surface area (Å²) in [4.78, 5) is 27.3. The summed E-state index contributed by atoms with van der Waals surface area (Å²) < 4.78 is 26.6. The van der Waals surface area contributed by atoms with Gasteiger partial charge in [0.25, 0.3) is 5.91 Å². The lowest BCUT2D eigenvalue weighted by molar-refractivity contribution is 0.0697. The van der Waals surface area contributed by atoms with E-state index in [1.165, 1.54) is 12.1 Å². The normalized spacial score (nSPS) is 10.4. The number of halogens is 2. The Morgan fingerprint density at radius 1 is 1.04 bits per heavy atom. The second-order valence-corrected chi connectivity index (χ2v) is 5.12. The van der Waals surface area contributed by atoms with Crippen molar-refractivity contribution in [3.05, 3.63) is 71.7 Å². The molecule has 2 aromatic heterocycles. The number of hydrogen-bond acceptors (Lipinski definition) is 5. The predicted molar refractivity (Wildman–Crippen MR) is 86.5 cm³/mol. The van der Waals surface area contributed by atoms with E-state index in [0.29, 0.717) is 23.4 Å². The van der Waals surface area contributed by atoms with Crippen LogP contribution in [-0.4, -0.2) is 32.2 Å². The van der Waals surface area contributed by atoms with E-state index in [1.54, 1.807) is 24.5 Å². The third kappa shape index (κ3) is 3.51. The standard InChI is InChI=1S/C17H10F2N4O3/c18-11-6-10(17(25)26)15(7-12(11)19)21-16(24)14-4-3-13(22-23-14)9-2-1-5-20-8-9/h1-8H,(H,21,24)(H,25,26). The summed E-state index contributed by atoms with van der Waals surface area (Å²) in [5.41, 5.74) is 0.0740. The zero-order valence-corrected chi connectivity index (χ0v) is 13.0. The third-order valence-electron chi connectivity index (χ3n) is 3.39. The topological polar surface area (TPSA) is 105 Å². The second kappa shape index (κ2) is 7.01. The maximum Gasteiger partial charge on any atom is 0.337 e. The fourth-order valence-corrected chi connectivity index (χ4v) is 2.14. The van der Waals surface area contributed by atoms with Crippen molar-refractivity contribution in [3.8, 4) is 11.3 Å². The van der Waals surface area contributed by atoms with E-state index in [0.717, 1.165) is 0 Å². The fourth-order valence-electron chi connectivity index (χ4n) is 2.14. The van der Waals surface area contributed by atoms with Gasteiger partial charge in [-0.1, -0.05) is 0 Å². The number of carboxylic acids is 1. The number of benzene rings is 1. The van der Waals surface area contributed by atoms with Crippen LogP contribution in [0.1, 0.15) is 20.8 Å². The molecule has 3 rings (SSSR count). The molecule has 0 bridgehead atoms. The van der Waals surface area contributed by atoms with Crippen LogP contribution in [0.5, 0.6) is 0 Å². The number of amides is 1. The van der Waals surface area contributed by atoms with E-state index in [9.17, 15) is 18.4 Å². The van der Waals surface area contributed by atoms with Gasteiger partial charge in [0, 0.05) is 24.0 Å². The van der Waals surface area contributed by atoms with Crippen LogP contribution in [0.4, 0.5) is 14.5 Å². The van der Waals surface area contributed by atoms with E-state index in [2.05, 4.69) is 20.5 Å². The first-order chi connectivity index (χ1) is 12.5. The molecule has 2 N–H and O–H groups in total. The van der Waals surface area contributed by atoms with E-state index in [4.69, 9.17) is 5.11 Å². The lowest BCUT2D eigenvalue weighted by Gasteiger charge is -2.09. The molecular formula is C17H10F2N4O3. The minimum Gasteiger partial charge on any atom is -0.478 e. The molecule has 3 aromatic rings. The Balaban J connectivity index is 1.85. The molecule has 0 aliphatic carbocycles. The summed E-state index contributed by atoms with van der Waals surface area (Å²) >= 11 is 0. The van der Waals surface area contributed by atoms with Crippen LogP contribution >= 0.6 is 0 Å². The monoisotopic (exact) mass is 356 g/mol. The van der Waals surface area contributed by atoms with Gasteiger partial charge in [-0.25, -0.2) is 13.6 Å². The number of nitrogens with zero attached hydrogens (tertiary/aromatic N) is 3. The number of carboxylic acid groups (broad SMARTS) is 1. The van der Waals surface area contributed by atoms with Gasteiger partial charge in [-0.15, -0.1) is 10.2 Å². The molecule has 1 aromatic carbocycles. The number of nitrogens with one attached hydrogen (secondary N) is 1. The summed E-state index contributed by atoms with van der Waals surface area (Å²) in [5, 5.41) is 18.9. The third-order valence-corrected chi connectivity index (χ3v) is 3.39. The van der Waals surface area contributed by atoms with Crippen molar-refractivity contribution >= 4 is 17.6 Å². The number of aromatic carboxylic acids is 1. The van der Waals surface area contributed by atoms with Gasteiger partial charge in [0.1, 0.15) is 0 Å². The Morgan fingerprint density at radius 2 is 1.81 bits per heavy atom. The number of hydrogen-bond donors (Lipinski definition) is 2. The van der Waals surface area contributed by atoms with Crippen molar-refractivity contribution in [2.75, 3.05) is 5.32 Å². The number of carbonyl (C=O) groups is 2. The van der Waals surface area contributed by atoms with Gasteiger partial charge in [-0.3, -0.25) is 9.78 Å². The first-order valence-electron chi connectivity index (χ1n) is 7.23. The molecular weight excluding hydrogens is 346 g/mol. The Kier molecular flexibility index (Phi) is 4.61. The molecule has 0 atom stereocenters. The van der Waals surface area contributed by atoms with Crippen molar-refractivity contribution in [1.82, 2.24) is 15.2 Å². The Hall–Kier alpha value is -3.75. The SMILES string of the molecule is O=C(Nc1cc(F)c(F)cc1C(=O)O)c1ccc(-c2cccnc2)nn1. The number of rotatable bonds is 4. The van der Waals surface area contributed by atoms with Gasteiger partial charge in [-0.2, -0.15) is 0 Å². The lowest BCUT2D eigenvalue weighted by atomic mass is 10.1. The summed E-state index contributed by atoms with van der Waals surface area (Å²) in [5.74, 6) is -4.95. The molecule has 26 heavy (non-hydrogen) atoms. The summed E-state index contributed by atoms with van der Waals surface area (Å²) in [7, 11) is 0. The van der Waals surface area contributed by atoms with E-state index >= 15 is 0 Å². The number of anilines is 1. The predicted octanol–water partition coefficient (Wildman–Crippen LogP) is 2.77. The first-order valence-corrected chi connectivity index (χ1v) is 7.23. The number of carbonyl (C=O) groups excluding carboxylic acids is 1. The van der Waals surface area contributed by atoms with Crippen molar-refractivity contribution in [2.45, 2.75) is 0 Å². The average Bonchev–Trinajstić information content (AvgIpc) is 2.65. The molecule has 130 valence electrons. The molecule has 0 fully saturated rings. The molecule has 0 radical (unpaired) electrons. The maximum atomic E-state index is 13.4. The smallest absolute Gasteiger partial charge is 0.337 e. The van der Waals surface area contributed by atoms with Crippen LogP contribution in [0.3, 0.4) is 0 Å². The highest BCUT2D eigenvalue weighted by atomic mass is 19.2. The van der Waals surface area contributed by atoms with Crippen molar-refractivity contribution in [3.63, 3.8) is 0 Å². The quantitative estimate of drug-likeness (QED) is 0.745. The van der Waals surface area contributed by atoms with Crippen LogP contribution in [0.25, 0.3) is 11.3 Å². The average molecular weight is 356 g/mol. The van der Waals surface area contributed by atoms with Crippen LogP contribution in [-0.2, 0) is 0 Å². The van der Waals surface area contributed by atoms with Gasteiger partial charge in [0.15, 0.2) is 17.3 Å². The van der Waals surface area contributed by atoms with Gasteiger partial charge in [-0.05, 0) is 30.3 Å². The second-order valence-electron chi connectivity index (χ2n) is 5.12. The van der Waals surface area contributed by atoms with Crippen molar-refractivity contribution < 1.29 is 23.5 Å². The zero-order chi connectivity index (χ0) is 18.7. The Bertz CT molecular complexity index is 979. The summed E-state index contributed by atoms with van der Waals surface area (Å²) in [6, 6.07) is 7.46. The summed E-state index contributed by atoms with van der Waals surface area (Å²) in [6.45, 7) is 0. The molecule has 0 aliphatic rings. The zero-order valence-electron chi connectivity index (χ0n) is 13.0. The minimum atomic E-state index is -1.52. The highest BCUT2D eigenvalue weighted by Crippen LogP contribution is 2.21. The van der Waals surface area contributed by atoms with E-state index in [1.807, 2.05) is 0 Å². The van der Waals surface area contributed by atoms with Crippen LogP contribution in [0.15, 0.2) is 48.8 Å². The molecule has 1 amide bonds.